The van der Waals surface area contributed by atoms with Crippen LogP contribution in [0.2, 0.25) is 0 Å². The highest BCUT2D eigenvalue weighted by atomic mass is 15.3. The Kier molecular flexibility index (Phi) is 5.03. The predicted molar refractivity (Wildman–Crippen MR) is 66.0 cm³/mol. The van der Waals surface area contributed by atoms with Gasteiger partial charge in [-0.3, -0.25) is 4.90 Å². The Hall–Kier alpha value is -0.120. The molecule has 0 aromatic carbocycles. The van der Waals surface area contributed by atoms with E-state index in [2.05, 4.69) is 37.6 Å². The molecule has 3 nitrogen and oxygen atoms in total. The summed E-state index contributed by atoms with van der Waals surface area (Å²) in [6, 6.07) is 1.25. The van der Waals surface area contributed by atoms with E-state index in [9.17, 15) is 0 Å². The predicted octanol–water partition coefficient (Wildman–Crippen LogP) is 0.996. The van der Waals surface area contributed by atoms with E-state index in [-0.39, 0.29) is 0 Å². The summed E-state index contributed by atoms with van der Waals surface area (Å²) in [5.74, 6) is 0.729. The largest absolute Gasteiger partial charge is 0.329 e. The Balaban J connectivity index is 2.64. The molecule has 1 rings (SSSR count). The summed E-state index contributed by atoms with van der Waals surface area (Å²) in [4.78, 5) is 5.02. The van der Waals surface area contributed by atoms with Crippen LogP contribution >= 0.6 is 0 Å². The minimum atomic E-state index is 0.552. The molecule has 2 atom stereocenters. The number of nitrogens with zero attached hydrogens (tertiary/aromatic N) is 2. The molecule has 1 fully saturated rings. The smallest absolute Gasteiger partial charge is 0.0349 e. The fraction of sp³-hybridized carbons (Fsp3) is 1.00. The van der Waals surface area contributed by atoms with Gasteiger partial charge in [-0.25, -0.2) is 0 Å². The van der Waals surface area contributed by atoms with Gasteiger partial charge in [0.2, 0.25) is 0 Å². The first kappa shape index (κ1) is 12.9. The highest BCUT2D eigenvalue weighted by molar-refractivity contribution is 4.87. The maximum absolute atomic E-state index is 5.88. The van der Waals surface area contributed by atoms with E-state index < -0.39 is 0 Å². The summed E-state index contributed by atoms with van der Waals surface area (Å²) >= 11 is 0. The number of hydrogen-bond donors (Lipinski definition) is 1. The van der Waals surface area contributed by atoms with Crippen molar-refractivity contribution >= 4 is 0 Å². The van der Waals surface area contributed by atoms with E-state index in [0.29, 0.717) is 12.1 Å². The molecule has 0 aliphatic carbocycles. The highest BCUT2D eigenvalue weighted by Crippen LogP contribution is 2.19. The SMILES string of the molecule is CCC(C(C)C)N1CCN(C)CC1CN. The highest BCUT2D eigenvalue weighted by Gasteiger charge is 2.30. The molecule has 3 heteroatoms. The lowest BCUT2D eigenvalue weighted by Gasteiger charge is -2.45. The zero-order chi connectivity index (χ0) is 11.4. The van der Waals surface area contributed by atoms with Gasteiger partial charge in [0, 0.05) is 38.3 Å². The van der Waals surface area contributed by atoms with Gasteiger partial charge in [0.1, 0.15) is 0 Å². The molecule has 90 valence electrons. The second kappa shape index (κ2) is 5.83. The third-order valence-electron chi connectivity index (χ3n) is 3.62. The first-order valence-electron chi connectivity index (χ1n) is 6.24. The summed E-state index contributed by atoms with van der Waals surface area (Å²) < 4.78 is 0. The average Bonchev–Trinajstić information content (AvgIpc) is 2.20. The lowest BCUT2D eigenvalue weighted by Crippen LogP contribution is -2.59. The van der Waals surface area contributed by atoms with Crippen molar-refractivity contribution in [1.29, 1.82) is 0 Å². The molecule has 1 saturated heterocycles. The Labute approximate surface area is 94.6 Å². The molecule has 0 bridgehead atoms. The molecule has 1 aliphatic heterocycles. The Morgan fingerprint density at radius 1 is 1.33 bits per heavy atom. The molecule has 2 unspecified atom stereocenters. The van der Waals surface area contributed by atoms with Gasteiger partial charge >= 0.3 is 0 Å². The maximum Gasteiger partial charge on any atom is 0.0349 e. The molecular formula is C12H27N3. The molecule has 0 amide bonds. The molecule has 0 saturated carbocycles. The third-order valence-corrected chi connectivity index (χ3v) is 3.62. The monoisotopic (exact) mass is 213 g/mol. The van der Waals surface area contributed by atoms with Gasteiger partial charge in [0.05, 0.1) is 0 Å². The summed E-state index contributed by atoms with van der Waals surface area (Å²) in [5, 5.41) is 0. The molecule has 0 radical (unpaired) electrons. The van der Waals surface area contributed by atoms with E-state index in [0.717, 1.165) is 19.0 Å². The summed E-state index contributed by atoms with van der Waals surface area (Å²) in [6.45, 7) is 11.2. The van der Waals surface area contributed by atoms with Crippen molar-refractivity contribution in [3.63, 3.8) is 0 Å². The van der Waals surface area contributed by atoms with E-state index in [1.54, 1.807) is 0 Å². The van der Waals surface area contributed by atoms with Crippen molar-refractivity contribution in [3.8, 4) is 0 Å². The zero-order valence-corrected chi connectivity index (χ0v) is 10.7. The van der Waals surface area contributed by atoms with Gasteiger partial charge in [-0.2, -0.15) is 0 Å². The van der Waals surface area contributed by atoms with Crippen LogP contribution in [0.1, 0.15) is 27.2 Å². The maximum atomic E-state index is 5.88. The summed E-state index contributed by atoms with van der Waals surface area (Å²) in [6.07, 6.45) is 1.23. The van der Waals surface area contributed by atoms with Crippen LogP contribution in [0, 0.1) is 5.92 Å². The molecular weight excluding hydrogens is 186 g/mol. The molecule has 0 aromatic rings. The van der Waals surface area contributed by atoms with Gasteiger partial charge in [0.15, 0.2) is 0 Å². The number of nitrogens with two attached hydrogens (primary N) is 1. The Morgan fingerprint density at radius 2 is 2.00 bits per heavy atom. The second-order valence-corrected chi connectivity index (χ2v) is 5.11. The minimum Gasteiger partial charge on any atom is -0.329 e. The summed E-state index contributed by atoms with van der Waals surface area (Å²) in [7, 11) is 2.19. The quantitative estimate of drug-likeness (QED) is 0.756. The molecule has 1 heterocycles. The van der Waals surface area contributed by atoms with Crippen molar-refractivity contribution in [2.75, 3.05) is 33.2 Å². The van der Waals surface area contributed by atoms with Crippen molar-refractivity contribution in [2.45, 2.75) is 39.3 Å². The summed E-state index contributed by atoms with van der Waals surface area (Å²) in [5.41, 5.74) is 5.88. The average molecular weight is 213 g/mol. The van der Waals surface area contributed by atoms with Gasteiger partial charge in [-0.1, -0.05) is 20.8 Å². The number of likely N-dealkylation sites (N-methyl/N-ethyl adjacent to an activating group) is 1. The van der Waals surface area contributed by atoms with Crippen LogP contribution in [0.25, 0.3) is 0 Å². The second-order valence-electron chi connectivity index (χ2n) is 5.11. The molecule has 0 spiro atoms. The van der Waals surface area contributed by atoms with E-state index in [1.807, 2.05) is 0 Å². The van der Waals surface area contributed by atoms with Crippen molar-refractivity contribution in [1.82, 2.24) is 9.80 Å². The van der Waals surface area contributed by atoms with Gasteiger partial charge < -0.3 is 10.6 Å². The topological polar surface area (TPSA) is 32.5 Å². The zero-order valence-electron chi connectivity index (χ0n) is 10.7. The molecule has 15 heavy (non-hydrogen) atoms. The fourth-order valence-electron chi connectivity index (χ4n) is 2.76. The standard InChI is InChI=1S/C12H27N3/c1-5-12(10(2)3)15-7-6-14(4)9-11(15)8-13/h10-12H,5-9,13H2,1-4H3. The molecule has 0 aromatic heterocycles. The fourth-order valence-corrected chi connectivity index (χ4v) is 2.76. The van der Waals surface area contributed by atoms with Crippen LogP contribution in [0.3, 0.4) is 0 Å². The van der Waals surface area contributed by atoms with Crippen LogP contribution in [0.4, 0.5) is 0 Å². The van der Waals surface area contributed by atoms with Crippen LogP contribution in [-0.2, 0) is 0 Å². The van der Waals surface area contributed by atoms with Crippen LogP contribution in [-0.4, -0.2) is 55.1 Å². The van der Waals surface area contributed by atoms with Crippen molar-refractivity contribution < 1.29 is 0 Å². The van der Waals surface area contributed by atoms with Crippen molar-refractivity contribution in [3.05, 3.63) is 0 Å². The first-order valence-corrected chi connectivity index (χ1v) is 6.24. The van der Waals surface area contributed by atoms with Gasteiger partial charge in [0.25, 0.3) is 0 Å². The third kappa shape index (κ3) is 3.16. The van der Waals surface area contributed by atoms with E-state index in [1.165, 1.54) is 19.5 Å². The van der Waals surface area contributed by atoms with Gasteiger partial charge in [-0.15, -0.1) is 0 Å². The normalized spacial score (nSPS) is 27.2. The molecule has 1 aliphatic rings. The number of hydrogen-bond acceptors (Lipinski definition) is 3. The first-order chi connectivity index (χ1) is 7.10. The minimum absolute atomic E-state index is 0.552. The van der Waals surface area contributed by atoms with E-state index in [4.69, 9.17) is 5.73 Å². The lowest BCUT2D eigenvalue weighted by atomic mass is 9.96. The van der Waals surface area contributed by atoms with Crippen LogP contribution in [0.15, 0.2) is 0 Å². The van der Waals surface area contributed by atoms with Crippen LogP contribution in [0.5, 0.6) is 0 Å². The van der Waals surface area contributed by atoms with Gasteiger partial charge in [-0.05, 0) is 19.4 Å². The Morgan fingerprint density at radius 3 is 2.47 bits per heavy atom. The van der Waals surface area contributed by atoms with E-state index >= 15 is 0 Å². The van der Waals surface area contributed by atoms with Crippen LogP contribution < -0.4 is 5.73 Å². The number of rotatable bonds is 4. The van der Waals surface area contributed by atoms with Crippen molar-refractivity contribution in [2.24, 2.45) is 11.7 Å². The molecule has 2 N–H and O–H groups in total. The lowest BCUT2D eigenvalue weighted by molar-refractivity contribution is 0.0363. The number of piperazine rings is 1. The Bertz CT molecular complexity index is 182.